The first-order valence-electron chi connectivity index (χ1n) is 5.54. The molecule has 0 fully saturated rings. The van der Waals surface area contributed by atoms with Crippen molar-refractivity contribution >= 4 is 10.0 Å². The van der Waals surface area contributed by atoms with E-state index in [1.54, 1.807) is 0 Å². The van der Waals surface area contributed by atoms with E-state index in [1.807, 2.05) is 0 Å². The molecule has 0 amide bonds. The van der Waals surface area contributed by atoms with Crippen LogP contribution in [0.1, 0.15) is 5.69 Å². The largest absolute Gasteiger partial charge is 0.411 e. The van der Waals surface area contributed by atoms with Crippen LogP contribution >= 0.6 is 0 Å². The Balaban J connectivity index is 2.54. The quantitative estimate of drug-likeness (QED) is 0.711. The zero-order chi connectivity index (χ0) is 15.2. The molecule has 1 heterocycles. The molecule has 0 unspecified atom stereocenters. The first-order chi connectivity index (χ1) is 9.26. The fourth-order valence-corrected chi connectivity index (χ4v) is 2.55. The molecule has 0 radical (unpaired) electrons. The van der Waals surface area contributed by atoms with Gasteiger partial charge in [-0.3, -0.25) is 4.98 Å². The molecule has 0 saturated carbocycles. The predicted molar refractivity (Wildman–Crippen MR) is 64.2 cm³/mol. The molecule has 114 valence electrons. The number of aromatic nitrogens is 1. The van der Waals surface area contributed by atoms with Crippen molar-refractivity contribution in [3.8, 4) is 0 Å². The Morgan fingerprint density at radius 3 is 2.70 bits per heavy atom. The summed E-state index contributed by atoms with van der Waals surface area (Å²) >= 11 is 0. The SMILES string of the molecule is NCc1ncccc1S(=O)(=O)NCCOCC(F)(F)F. The minimum absolute atomic E-state index is 0.0678. The summed E-state index contributed by atoms with van der Waals surface area (Å²) in [5, 5.41) is 0. The summed E-state index contributed by atoms with van der Waals surface area (Å²) < 4.78 is 65.6. The minimum Gasteiger partial charge on any atom is -0.371 e. The molecule has 1 aromatic rings. The molecular weight excluding hydrogens is 299 g/mol. The van der Waals surface area contributed by atoms with E-state index in [9.17, 15) is 21.6 Å². The topological polar surface area (TPSA) is 94.3 Å². The zero-order valence-electron chi connectivity index (χ0n) is 10.4. The Kier molecular flexibility index (Phi) is 5.87. The fourth-order valence-electron chi connectivity index (χ4n) is 1.34. The van der Waals surface area contributed by atoms with Crippen LogP contribution in [0.5, 0.6) is 0 Å². The van der Waals surface area contributed by atoms with Crippen LogP contribution in [0.25, 0.3) is 0 Å². The smallest absolute Gasteiger partial charge is 0.371 e. The Bertz CT molecular complexity index is 534. The molecule has 10 heteroatoms. The van der Waals surface area contributed by atoms with Crippen molar-refractivity contribution in [2.75, 3.05) is 19.8 Å². The van der Waals surface area contributed by atoms with E-state index in [-0.39, 0.29) is 23.7 Å². The molecule has 20 heavy (non-hydrogen) atoms. The third-order valence-electron chi connectivity index (χ3n) is 2.14. The van der Waals surface area contributed by atoms with Gasteiger partial charge in [-0.2, -0.15) is 13.2 Å². The van der Waals surface area contributed by atoms with Crippen LogP contribution in [0.15, 0.2) is 23.2 Å². The standard InChI is InChI=1S/C10H14F3N3O3S/c11-10(12,13)7-19-5-4-16-20(17,18)9-2-1-3-15-8(9)6-14/h1-3,16H,4-7,14H2. The highest BCUT2D eigenvalue weighted by Crippen LogP contribution is 2.14. The summed E-state index contributed by atoms with van der Waals surface area (Å²) in [4.78, 5) is 3.72. The molecule has 6 nitrogen and oxygen atoms in total. The van der Waals surface area contributed by atoms with Crippen LogP contribution in [0.2, 0.25) is 0 Å². The van der Waals surface area contributed by atoms with Gasteiger partial charge in [0.05, 0.1) is 12.3 Å². The van der Waals surface area contributed by atoms with Crippen LogP contribution in [-0.4, -0.2) is 39.3 Å². The van der Waals surface area contributed by atoms with E-state index < -0.39 is 29.4 Å². The number of pyridine rings is 1. The number of halogens is 3. The Hall–Kier alpha value is -1.23. The van der Waals surface area contributed by atoms with Crippen molar-refractivity contribution in [3.05, 3.63) is 24.0 Å². The molecular formula is C10H14F3N3O3S. The summed E-state index contributed by atoms with van der Waals surface area (Å²) in [5.41, 5.74) is 5.54. The predicted octanol–water partition coefficient (Wildman–Crippen LogP) is 0.397. The van der Waals surface area contributed by atoms with Gasteiger partial charge in [0.2, 0.25) is 10.0 Å². The monoisotopic (exact) mass is 313 g/mol. The highest BCUT2D eigenvalue weighted by atomic mass is 32.2. The number of sulfonamides is 1. The molecule has 0 saturated heterocycles. The highest BCUT2D eigenvalue weighted by Gasteiger charge is 2.27. The lowest BCUT2D eigenvalue weighted by Crippen LogP contribution is -2.30. The molecule has 0 aliphatic rings. The van der Waals surface area contributed by atoms with Crippen molar-refractivity contribution in [2.24, 2.45) is 5.73 Å². The number of nitrogens with zero attached hydrogens (tertiary/aromatic N) is 1. The van der Waals surface area contributed by atoms with Gasteiger partial charge < -0.3 is 10.5 Å². The summed E-state index contributed by atoms with van der Waals surface area (Å²) in [7, 11) is -3.87. The van der Waals surface area contributed by atoms with Gasteiger partial charge in [0, 0.05) is 19.3 Å². The number of nitrogens with two attached hydrogens (primary N) is 1. The Morgan fingerprint density at radius 1 is 1.40 bits per heavy atom. The zero-order valence-corrected chi connectivity index (χ0v) is 11.2. The van der Waals surface area contributed by atoms with Crippen LogP contribution in [0.4, 0.5) is 13.2 Å². The summed E-state index contributed by atoms with van der Waals surface area (Å²) in [5.74, 6) is 0. The van der Waals surface area contributed by atoms with Crippen molar-refractivity contribution in [3.63, 3.8) is 0 Å². The summed E-state index contributed by atoms with van der Waals surface area (Å²) in [6, 6.07) is 2.74. The van der Waals surface area contributed by atoms with Gasteiger partial charge in [-0.25, -0.2) is 13.1 Å². The van der Waals surface area contributed by atoms with E-state index in [2.05, 4.69) is 14.4 Å². The van der Waals surface area contributed by atoms with Crippen LogP contribution < -0.4 is 10.5 Å². The second kappa shape index (κ2) is 6.97. The molecule has 0 aliphatic carbocycles. The van der Waals surface area contributed by atoms with Gasteiger partial charge in [0.25, 0.3) is 0 Å². The van der Waals surface area contributed by atoms with Crippen LogP contribution in [0, 0.1) is 0 Å². The third kappa shape index (κ3) is 5.41. The van der Waals surface area contributed by atoms with Crippen molar-refractivity contribution in [1.29, 1.82) is 0 Å². The number of nitrogens with one attached hydrogen (secondary N) is 1. The van der Waals surface area contributed by atoms with Gasteiger partial charge in [-0.15, -0.1) is 0 Å². The van der Waals surface area contributed by atoms with Crippen molar-refractivity contribution in [1.82, 2.24) is 9.71 Å². The highest BCUT2D eigenvalue weighted by molar-refractivity contribution is 7.89. The van der Waals surface area contributed by atoms with Gasteiger partial charge in [-0.1, -0.05) is 0 Å². The average Bonchev–Trinajstić information content (AvgIpc) is 2.36. The van der Waals surface area contributed by atoms with Crippen molar-refractivity contribution in [2.45, 2.75) is 17.6 Å². The van der Waals surface area contributed by atoms with E-state index in [4.69, 9.17) is 5.73 Å². The van der Waals surface area contributed by atoms with Gasteiger partial charge in [0.1, 0.15) is 11.5 Å². The first-order valence-corrected chi connectivity index (χ1v) is 7.03. The van der Waals surface area contributed by atoms with Crippen molar-refractivity contribution < 1.29 is 26.3 Å². The van der Waals surface area contributed by atoms with Gasteiger partial charge in [0.15, 0.2) is 0 Å². The van der Waals surface area contributed by atoms with E-state index in [1.165, 1.54) is 18.3 Å². The van der Waals surface area contributed by atoms with E-state index in [0.29, 0.717) is 0 Å². The summed E-state index contributed by atoms with van der Waals surface area (Å²) in [6.07, 6.45) is -3.04. The van der Waals surface area contributed by atoms with E-state index >= 15 is 0 Å². The second-order valence-electron chi connectivity index (χ2n) is 3.72. The lowest BCUT2D eigenvalue weighted by atomic mass is 10.3. The number of rotatable bonds is 7. The number of alkyl halides is 3. The molecule has 0 atom stereocenters. The van der Waals surface area contributed by atoms with Crippen LogP contribution in [-0.2, 0) is 21.3 Å². The average molecular weight is 313 g/mol. The maximum absolute atomic E-state index is 11.9. The molecule has 0 spiro atoms. The molecule has 0 aromatic carbocycles. The first kappa shape index (κ1) is 16.8. The number of ether oxygens (including phenoxy) is 1. The third-order valence-corrected chi connectivity index (χ3v) is 3.67. The molecule has 0 aliphatic heterocycles. The molecule has 0 bridgehead atoms. The Labute approximate surface area is 114 Å². The molecule has 3 N–H and O–H groups in total. The fraction of sp³-hybridized carbons (Fsp3) is 0.500. The maximum atomic E-state index is 11.9. The number of hydrogen-bond donors (Lipinski definition) is 2. The lowest BCUT2D eigenvalue weighted by molar-refractivity contribution is -0.173. The molecule has 1 rings (SSSR count). The molecule has 1 aromatic heterocycles. The second-order valence-corrected chi connectivity index (χ2v) is 5.45. The Morgan fingerprint density at radius 2 is 2.10 bits per heavy atom. The maximum Gasteiger partial charge on any atom is 0.411 e. The van der Waals surface area contributed by atoms with Gasteiger partial charge in [-0.05, 0) is 12.1 Å². The minimum atomic E-state index is -4.44. The normalized spacial score (nSPS) is 12.6. The van der Waals surface area contributed by atoms with E-state index in [0.717, 1.165) is 0 Å². The summed E-state index contributed by atoms with van der Waals surface area (Å²) in [6.45, 7) is -2.16. The van der Waals surface area contributed by atoms with Gasteiger partial charge >= 0.3 is 6.18 Å². The lowest BCUT2D eigenvalue weighted by Gasteiger charge is -2.10. The number of hydrogen-bond acceptors (Lipinski definition) is 5. The van der Waals surface area contributed by atoms with Crippen LogP contribution in [0.3, 0.4) is 0 Å².